The highest BCUT2D eigenvalue weighted by molar-refractivity contribution is 7.17. The SMILES string of the molecule is Cc1nc(-c2cnn(C)c2)sc1C(=O)NC1CCn2nccc2C1. The summed E-state index contributed by atoms with van der Waals surface area (Å²) in [6, 6.07) is 2.15. The van der Waals surface area contributed by atoms with Crippen LogP contribution in [-0.2, 0) is 20.0 Å². The van der Waals surface area contributed by atoms with Crippen LogP contribution < -0.4 is 5.32 Å². The molecule has 4 heterocycles. The van der Waals surface area contributed by atoms with Crippen LogP contribution in [-0.4, -0.2) is 36.5 Å². The molecule has 0 spiro atoms. The summed E-state index contributed by atoms with van der Waals surface area (Å²) in [7, 11) is 1.87. The van der Waals surface area contributed by atoms with Gasteiger partial charge in [0.1, 0.15) is 9.88 Å². The van der Waals surface area contributed by atoms with Gasteiger partial charge in [0, 0.05) is 49.7 Å². The van der Waals surface area contributed by atoms with E-state index in [2.05, 4.69) is 20.5 Å². The summed E-state index contributed by atoms with van der Waals surface area (Å²) < 4.78 is 3.73. The van der Waals surface area contributed by atoms with Crippen LogP contribution in [0, 0.1) is 6.92 Å². The molecular weight excluding hydrogens is 324 g/mol. The molecule has 3 aromatic heterocycles. The molecule has 1 amide bonds. The number of thiazole rings is 1. The van der Waals surface area contributed by atoms with Crippen LogP contribution in [0.25, 0.3) is 10.6 Å². The van der Waals surface area contributed by atoms with Crippen molar-refractivity contribution in [2.75, 3.05) is 0 Å². The van der Waals surface area contributed by atoms with E-state index in [1.807, 2.05) is 37.1 Å². The van der Waals surface area contributed by atoms with Crippen molar-refractivity contribution in [1.29, 1.82) is 0 Å². The minimum Gasteiger partial charge on any atom is -0.348 e. The molecule has 124 valence electrons. The fourth-order valence-electron chi connectivity index (χ4n) is 3.00. The third-order valence-electron chi connectivity index (χ3n) is 4.24. The van der Waals surface area contributed by atoms with Gasteiger partial charge in [-0.3, -0.25) is 14.2 Å². The predicted molar refractivity (Wildman–Crippen MR) is 90.9 cm³/mol. The number of amides is 1. The summed E-state index contributed by atoms with van der Waals surface area (Å²) in [6.45, 7) is 2.72. The summed E-state index contributed by atoms with van der Waals surface area (Å²) in [6.07, 6.45) is 7.20. The molecule has 0 fully saturated rings. The highest BCUT2D eigenvalue weighted by Gasteiger charge is 2.23. The van der Waals surface area contributed by atoms with Crippen LogP contribution in [0.3, 0.4) is 0 Å². The van der Waals surface area contributed by atoms with Gasteiger partial charge in [0.25, 0.3) is 5.91 Å². The second-order valence-electron chi connectivity index (χ2n) is 6.05. The first-order valence-corrected chi connectivity index (χ1v) is 8.70. The van der Waals surface area contributed by atoms with Crippen LogP contribution in [0.5, 0.6) is 0 Å². The number of fused-ring (bicyclic) bond motifs is 1. The van der Waals surface area contributed by atoms with Crippen LogP contribution in [0.1, 0.15) is 27.5 Å². The van der Waals surface area contributed by atoms with Crippen LogP contribution in [0.4, 0.5) is 0 Å². The van der Waals surface area contributed by atoms with Crippen molar-refractivity contribution in [2.45, 2.75) is 32.4 Å². The lowest BCUT2D eigenvalue weighted by Crippen LogP contribution is -2.40. The molecular formula is C16H18N6OS. The highest BCUT2D eigenvalue weighted by atomic mass is 32.1. The van der Waals surface area contributed by atoms with E-state index in [-0.39, 0.29) is 11.9 Å². The number of nitrogens with zero attached hydrogens (tertiary/aromatic N) is 5. The Balaban J connectivity index is 1.50. The van der Waals surface area contributed by atoms with Gasteiger partial charge < -0.3 is 5.32 Å². The van der Waals surface area contributed by atoms with Crippen LogP contribution >= 0.6 is 11.3 Å². The Morgan fingerprint density at radius 2 is 2.29 bits per heavy atom. The van der Waals surface area contributed by atoms with Gasteiger partial charge in [0.2, 0.25) is 0 Å². The number of carbonyl (C=O) groups is 1. The van der Waals surface area contributed by atoms with Crippen molar-refractivity contribution in [1.82, 2.24) is 29.9 Å². The Morgan fingerprint density at radius 3 is 3.08 bits per heavy atom. The Bertz CT molecular complexity index is 892. The minimum absolute atomic E-state index is 0.0434. The largest absolute Gasteiger partial charge is 0.348 e. The molecule has 0 saturated carbocycles. The smallest absolute Gasteiger partial charge is 0.263 e. The molecule has 1 N–H and O–H groups in total. The van der Waals surface area contributed by atoms with Crippen molar-refractivity contribution >= 4 is 17.2 Å². The maximum Gasteiger partial charge on any atom is 0.263 e. The maximum absolute atomic E-state index is 12.6. The number of aromatic nitrogens is 5. The zero-order chi connectivity index (χ0) is 16.7. The number of carbonyl (C=O) groups excluding carboxylic acids is 1. The summed E-state index contributed by atoms with van der Waals surface area (Å²) in [4.78, 5) is 17.9. The molecule has 0 bridgehead atoms. The fraction of sp³-hybridized carbons (Fsp3) is 0.375. The van der Waals surface area contributed by atoms with E-state index in [0.29, 0.717) is 4.88 Å². The topological polar surface area (TPSA) is 77.6 Å². The quantitative estimate of drug-likeness (QED) is 0.787. The second kappa shape index (κ2) is 5.86. The summed E-state index contributed by atoms with van der Waals surface area (Å²) in [5.41, 5.74) is 2.87. The first-order valence-electron chi connectivity index (χ1n) is 7.88. The van der Waals surface area contributed by atoms with Crippen molar-refractivity contribution in [3.8, 4) is 10.6 Å². The lowest BCUT2D eigenvalue weighted by molar-refractivity contribution is 0.0933. The second-order valence-corrected chi connectivity index (χ2v) is 7.04. The van der Waals surface area contributed by atoms with Crippen molar-refractivity contribution in [2.24, 2.45) is 7.05 Å². The third-order valence-corrected chi connectivity index (χ3v) is 5.44. The van der Waals surface area contributed by atoms with Crippen LogP contribution in [0.15, 0.2) is 24.7 Å². The van der Waals surface area contributed by atoms with E-state index in [9.17, 15) is 4.79 Å². The van der Waals surface area contributed by atoms with E-state index in [1.165, 1.54) is 17.0 Å². The van der Waals surface area contributed by atoms with Gasteiger partial charge in [-0.25, -0.2) is 4.98 Å². The average molecular weight is 342 g/mol. The molecule has 1 unspecified atom stereocenters. The Labute approximate surface area is 143 Å². The zero-order valence-corrected chi connectivity index (χ0v) is 14.4. The number of hydrogen-bond donors (Lipinski definition) is 1. The first kappa shape index (κ1) is 15.1. The Hall–Kier alpha value is -2.48. The number of aryl methyl sites for hydroxylation is 3. The lowest BCUT2D eigenvalue weighted by Gasteiger charge is -2.24. The fourth-order valence-corrected chi connectivity index (χ4v) is 3.95. The minimum atomic E-state index is -0.0434. The van der Waals surface area contributed by atoms with Gasteiger partial charge in [-0.1, -0.05) is 0 Å². The van der Waals surface area contributed by atoms with Crippen molar-refractivity contribution in [3.05, 3.63) is 40.9 Å². The molecule has 1 aliphatic heterocycles. The molecule has 1 aliphatic rings. The van der Waals surface area contributed by atoms with E-state index in [4.69, 9.17) is 0 Å². The van der Waals surface area contributed by atoms with Gasteiger partial charge in [0.15, 0.2) is 0 Å². The third kappa shape index (κ3) is 2.73. The van der Waals surface area contributed by atoms with Gasteiger partial charge in [0.05, 0.1) is 11.9 Å². The molecule has 8 heteroatoms. The van der Waals surface area contributed by atoms with Gasteiger partial charge in [-0.05, 0) is 19.4 Å². The van der Waals surface area contributed by atoms with Crippen LogP contribution in [0.2, 0.25) is 0 Å². The number of nitrogens with one attached hydrogen (secondary N) is 1. The zero-order valence-electron chi connectivity index (χ0n) is 13.6. The number of hydrogen-bond acceptors (Lipinski definition) is 5. The van der Waals surface area contributed by atoms with Crippen molar-refractivity contribution in [3.63, 3.8) is 0 Å². The standard InChI is InChI=1S/C16H18N6OS/c1-10-14(24-16(19-10)11-8-18-21(2)9-11)15(23)20-12-4-6-22-13(7-12)3-5-17-22/h3,5,8-9,12H,4,6-7H2,1-2H3,(H,20,23). The van der Waals surface area contributed by atoms with Gasteiger partial charge in [-0.2, -0.15) is 10.2 Å². The molecule has 1 atom stereocenters. The molecule has 3 aromatic rings. The van der Waals surface area contributed by atoms with Crippen molar-refractivity contribution < 1.29 is 4.79 Å². The molecule has 0 radical (unpaired) electrons. The molecule has 0 saturated heterocycles. The summed E-state index contributed by atoms with van der Waals surface area (Å²) >= 11 is 1.42. The van der Waals surface area contributed by atoms with E-state index < -0.39 is 0 Å². The Morgan fingerprint density at radius 1 is 1.42 bits per heavy atom. The predicted octanol–water partition coefficient (Wildman–Crippen LogP) is 1.79. The van der Waals surface area contributed by atoms with E-state index in [1.54, 1.807) is 10.9 Å². The van der Waals surface area contributed by atoms with Gasteiger partial charge in [-0.15, -0.1) is 11.3 Å². The molecule has 7 nitrogen and oxygen atoms in total. The molecule has 4 rings (SSSR count). The van der Waals surface area contributed by atoms with Gasteiger partial charge >= 0.3 is 0 Å². The van der Waals surface area contributed by atoms with E-state index >= 15 is 0 Å². The molecule has 0 aliphatic carbocycles. The Kier molecular flexibility index (Phi) is 3.68. The summed E-state index contributed by atoms with van der Waals surface area (Å²) in [5, 5.41) is 12.4. The summed E-state index contributed by atoms with van der Waals surface area (Å²) in [5.74, 6) is -0.0434. The molecule has 0 aromatic carbocycles. The normalized spacial score (nSPS) is 16.8. The van der Waals surface area contributed by atoms with E-state index in [0.717, 1.165) is 35.7 Å². The average Bonchev–Trinajstić information content (AvgIpc) is 3.26. The monoisotopic (exact) mass is 342 g/mol. The molecule has 24 heavy (non-hydrogen) atoms. The first-order chi connectivity index (χ1) is 11.6. The lowest BCUT2D eigenvalue weighted by atomic mass is 10.0. The number of rotatable bonds is 3. The highest BCUT2D eigenvalue weighted by Crippen LogP contribution is 2.27. The maximum atomic E-state index is 12.6.